The number of benzene rings is 2. The first-order valence-electron chi connectivity index (χ1n) is 16.7. The molecule has 2 aliphatic rings. The van der Waals surface area contributed by atoms with Crippen molar-refractivity contribution in [3.63, 3.8) is 0 Å². The van der Waals surface area contributed by atoms with Gasteiger partial charge in [-0.25, -0.2) is 9.97 Å². The highest BCUT2D eigenvalue weighted by Gasteiger charge is 2.33. The smallest absolute Gasteiger partial charge is 0.224 e. The van der Waals surface area contributed by atoms with Gasteiger partial charge in [-0.05, 0) is 47.9 Å². The van der Waals surface area contributed by atoms with E-state index in [1.165, 1.54) is 13.8 Å². The summed E-state index contributed by atoms with van der Waals surface area (Å²) in [6.07, 6.45) is 7.75. The molecule has 12 heteroatoms. The van der Waals surface area contributed by atoms with E-state index in [-0.39, 0.29) is 48.6 Å². The van der Waals surface area contributed by atoms with Gasteiger partial charge in [0.25, 0.3) is 0 Å². The molecule has 0 radical (unpaired) electrons. The molecular formula is C36H42N8O4. The summed E-state index contributed by atoms with van der Waals surface area (Å²) in [6.45, 7) is 4.96. The molecule has 2 saturated heterocycles. The summed E-state index contributed by atoms with van der Waals surface area (Å²) in [5.74, 6) is 1.34. The highest BCUT2D eigenvalue weighted by atomic mass is 16.2. The van der Waals surface area contributed by atoms with Crippen molar-refractivity contribution in [3.05, 3.63) is 72.6 Å². The predicted molar refractivity (Wildman–Crippen MR) is 181 cm³/mol. The van der Waals surface area contributed by atoms with Crippen LogP contribution in [-0.4, -0.2) is 79.5 Å². The molecule has 48 heavy (non-hydrogen) atoms. The van der Waals surface area contributed by atoms with Gasteiger partial charge < -0.3 is 30.4 Å². The summed E-state index contributed by atoms with van der Waals surface area (Å²) in [5, 5.41) is 5.39. The predicted octanol–water partition coefficient (Wildman–Crippen LogP) is 4.51. The van der Waals surface area contributed by atoms with E-state index in [0.29, 0.717) is 26.2 Å². The first kappa shape index (κ1) is 32.7. The maximum atomic E-state index is 12.8. The molecule has 2 atom stereocenters. The van der Waals surface area contributed by atoms with Crippen molar-refractivity contribution in [2.45, 2.75) is 64.5 Å². The number of carbonyl (C=O) groups excluding carboxylic acids is 4. The van der Waals surface area contributed by atoms with Crippen molar-refractivity contribution >= 4 is 23.6 Å². The van der Waals surface area contributed by atoms with Crippen LogP contribution in [0.1, 0.15) is 76.1 Å². The average Bonchev–Trinajstić information content (AvgIpc) is 3.90. The lowest BCUT2D eigenvalue weighted by molar-refractivity contribution is -0.133. The maximum absolute atomic E-state index is 12.8. The SMILES string of the molecule is CC(=O)NCCC(=O)N1CCC[C@H]1c1ncc(-c2ccc(-c3ccc(-c4cnc([C@@H]5CCCN5C(=O)CCNC(C)=O)[nH]4)cc3)cc2)[nH]1. The van der Waals surface area contributed by atoms with Crippen molar-refractivity contribution in [2.24, 2.45) is 0 Å². The Kier molecular flexibility index (Phi) is 9.98. The van der Waals surface area contributed by atoms with Gasteiger partial charge in [-0.2, -0.15) is 0 Å². The van der Waals surface area contributed by atoms with Crippen molar-refractivity contribution in [1.29, 1.82) is 0 Å². The fourth-order valence-electron chi connectivity index (χ4n) is 6.67. The van der Waals surface area contributed by atoms with E-state index in [0.717, 1.165) is 71.0 Å². The number of H-pyrrole nitrogens is 2. The van der Waals surface area contributed by atoms with Gasteiger partial charge in [0.15, 0.2) is 0 Å². The molecule has 2 aromatic heterocycles. The number of carbonyl (C=O) groups is 4. The van der Waals surface area contributed by atoms with E-state index in [1.54, 1.807) is 0 Å². The van der Waals surface area contributed by atoms with E-state index in [9.17, 15) is 19.2 Å². The molecule has 4 aromatic rings. The van der Waals surface area contributed by atoms with Gasteiger partial charge in [-0.1, -0.05) is 48.5 Å². The molecule has 12 nitrogen and oxygen atoms in total. The summed E-state index contributed by atoms with van der Waals surface area (Å²) < 4.78 is 0. The summed E-state index contributed by atoms with van der Waals surface area (Å²) in [6, 6.07) is 16.4. The molecule has 0 aliphatic carbocycles. The third-order valence-corrected chi connectivity index (χ3v) is 9.12. The van der Waals surface area contributed by atoms with Gasteiger partial charge in [-0.15, -0.1) is 0 Å². The van der Waals surface area contributed by atoms with Crippen LogP contribution in [0.2, 0.25) is 0 Å². The molecule has 4 amide bonds. The number of nitrogens with one attached hydrogen (secondary N) is 4. The van der Waals surface area contributed by atoms with Crippen LogP contribution in [-0.2, 0) is 19.2 Å². The van der Waals surface area contributed by atoms with Gasteiger partial charge in [0.2, 0.25) is 23.6 Å². The van der Waals surface area contributed by atoms with E-state index in [4.69, 9.17) is 0 Å². The normalized spacial score (nSPS) is 17.5. The number of hydrogen-bond acceptors (Lipinski definition) is 6. The second-order valence-corrected chi connectivity index (χ2v) is 12.5. The number of imidazole rings is 2. The van der Waals surface area contributed by atoms with Crippen LogP contribution in [0.5, 0.6) is 0 Å². The van der Waals surface area contributed by atoms with Gasteiger partial charge in [0.05, 0.1) is 35.9 Å². The minimum absolute atomic E-state index is 0.0242. The lowest BCUT2D eigenvalue weighted by atomic mass is 10.0. The fraction of sp³-hybridized carbons (Fsp3) is 0.389. The Morgan fingerprint density at radius 1 is 0.646 bits per heavy atom. The molecule has 0 spiro atoms. The van der Waals surface area contributed by atoms with Crippen LogP contribution in [0, 0.1) is 0 Å². The number of aromatic amines is 2. The summed E-state index contributed by atoms with van der Waals surface area (Å²) in [7, 11) is 0. The number of hydrogen-bond donors (Lipinski definition) is 4. The van der Waals surface area contributed by atoms with E-state index < -0.39 is 0 Å². The van der Waals surface area contributed by atoms with Gasteiger partial charge in [0, 0.05) is 52.9 Å². The number of aromatic nitrogens is 4. The molecule has 0 unspecified atom stereocenters. The minimum Gasteiger partial charge on any atom is -0.356 e. The first-order valence-corrected chi connectivity index (χ1v) is 16.7. The largest absolute Gasteiger partial charge is 0.356 e. The van der Waals surface area contributed by atoms with Gasteiger partial charge in [0.1, 0.15) is 11.6 Å². The molecular weight excluding hydrogens is 608 g/mol. The summed E-state index contributed by atoms with van der Waals surface area (Å²) in [4.78, 5) is 67.8. The quantitative estimate of drug-likeness (QED) is 0.187. The highest BCUT2D eigenvalue weighted by molar-refractivity contribution is 5.79. The number of amides is 4. The second kappa shape index (κ2) is 14.7. The van der Waals surface area contributed by atoms with Crippen molar-refractivity contribution in [1.82, 2.24) is 40.4 Å². The molecule has 0 saturated carbocycles. The Bertz CT molecular complexity index is 1630. The zero-order valence-corrected chi connectivity index (χ0v) is 27.4. The molecule has 0 bridgehead atoms. The van der Waals surface area contributed by atoms with Crippen molar-refractivity contribution in [2.75, 3.05) is 26.2 Å². The van der Waals surface area contributed by atoms with Crippen LogP contribution < -0.4 is 10.6 Å². The molecule has 2 aliphatic heterocycles. The van der Waals surface area contributed by atoms with E-state index in [2.05, 4.69) is 79.1 Å². The lowest BCUT2D eigenvalue weighted by Gasteiger charge is -2.23. The highest BCUT2D eigenvalue weighted by Crippen LogP contribution is 2.34. The van der Waals surface area contributed by atoms with Crippen molar-refractivity contribution in [3.8, 4) is 33.6 Å². The average molecular weight is 651 g/mol. The van der Waals surface area contributed by atoms with Crippen LogP contribution in [0.3, 0.4) is 0 Å². The fourth-order valence-corrected chi connectivity index (χ4v) is 6.67. The Labute approximate surface area is 279 Å². The Balaban J connectivity index is 1.07. The Morgan fingerprint density at radius 2 is 1.02 bits per heavy atom. The Hall–Kier alpha value is -5.26. The van der Waals surface area contributed by atoms with Crippen LogP contribution in [0.4, 0.5) is 0 Å². The monoisotopic (exact) mass is 650 g/mol. The van der Waals surface area contributed by atoms with Crippen LogP contribution >= 0.6 is 0 Å². The summed E-state index contributed by atoms with van der Waals surface area (Å²) >= 11 is 0. The molecule has 4 heterocycles. The lowest BCUT2D eigenvalue weighted by Crippen LogP contribution is -2.34. The number of nitrogens with zero attached hydrogens (tertiary/aromatic N) is 4. The standard InChI is InChI=1S/C36H42N8O4/c1-23(45)37-17-15-33(47)43-19-3-5-31(43)35-39-21-29(41-35)27-11-7-25(8-12-27)26-9-13-28(14-10-26)30-22-40-36(42-30)32-6-4-20-44(32)34(48)16-18-38-24(2)46/h7-14,21-22,31-32H,3-6,15-20H2,1-2H3,(H,37,45)(H,38,46)(H,39,41)(H,40,42)/t31-,32-/m0/s1. The third kappa shape index (κ3) is 7.48. The second-order valence-electron chi connectivity index (χ2n) is 12.5. The maximum Gasteiger partial charge on any atom is 0.224 e. The number of rotatable bonds is 11. The zero-order chi connectivity index (χ0) is 33.6. The third-order valence-electron chi connectivity index (χ3n) is 9.12. The number of likely N-dealkylation sites (tertiary alicyclic amines) is 2. The first-order chi connectivity index (χ1) is 23.3. The van der Waals surface area contributed by atoms with E-state index in [1.807, 2.05) is 22.2 Å². The van der Waals surface area contributed by atoms with Crippen LogP contribution in [0.25, 0.3) is 33.6 Å². The molecule has 2 aromatic carbocycles. The van der Waals surface area contributed by atoms with E-state index >= 15 is 0 Å². The zero-order valence-electron chi connectivity index (χ0n) is 27.4. The van der Waals surface area contributed by atoms with Gasteiger partial charge >= 0.3 is 0 Å². The van der Waals surface area contributed by atoms with Crippen LogP contribution in [0.15, 0.2) is 60.9 Å². The topological polar surface area (TPSA) is 156 Å². The summed E-state index contributed by atoms with van der Waals surface area (Å²) in [5.41, 5.74) is 5.98. The molecule has 250 valence electrons. The molecule has 4 N–H and O–H groups in total. The van der Waals surface area contributed by atoms with Gasteiger partial charge in [-0.3, -0.25) is 19.2 Å². The Morgan fingerprint density at radius 3 is 1.40 bits per heavy atom. The molecule has 6 rings (SSSR count). The van der Waals surface area contributed by atoms with Crippen molar-refractivity contribution < 1.29 is 19.2 Å². The molecule has 2 fully saturated rings. The minimum atomic E-state index is -0.136.